The molecule has 0 aliphatic heterocycles. The minimum absolute atomic E-state index is 0.552. The average Bonchev–Trinajstić information content (AvgIpc) is 1.85. The third-order valence-electron chi connectivity index (χ3n) is 1.75. The van der Waals surface area contributed by atoms with Crippen LogP contribution in [0.15, 0.2) is 0 Å². The molecule has 2 heteroatoms. The first-order chi connectivity index (χ1) is 5.16. The van der Waals surface area contributed by atoms with E-state index in [9.17, 15) is 5.11 Å². The summed E-state index contributed by atoms with van der Waals surface area (Å²) in [6.45, 7) is 3.90. The molecule has 0 unspecified atom stereocenters. The molecule has 0 radical (unpaired) electrons. The first-order valence-corrected chi connectivity index (χ1v) is 4.55. The Morgan fingerprint density at radius 2 is 2.18 bits per heavy atom. The van der Waals surface area contributed by atoms with Crippen LogP contribution in [0.5, 0.6) is 0 Å². The van der Waals surface area contributed by atoms with Crippen molar-refractivity contribution in [1.29, 1.82) is 0 Å². The summed E-state index contributed by atoms with van der Waals surface area (Å²) in [7, 11) is 0. The largest absolute Gasteiger partial charge is 0.376 e. The van der Waals surface area contributed by atoms with E-state index in [1.807, 2.05) is 0 Å². The van der Waals surface area contributed by atoms with Gasteiger partial charge in [0.1, 0.15) is 4.93 Å². The first kappa shape index (κ1) is 8.62. The van der Waals surface area contributed by atoms with Gasteiger partial charge in [-0.05, 0) is 31.6 Å². The van der Waals surface area contributed by atoms with E-state index in [4.69, 9.17) is 0 Å². The second-order valence-corrected chi connectivity index (χ2v) is 4.21. The highest BCUT2D eigenvalue weighted by molar-refractivity contribution is 7.90. The molecule has 1 nitrogen and oxygen atoms in total. The predicted octanol–water partition coefficient (Wildman–Crippen LogP) is 1.82. The van der Waals surface area contributed by atoms with Crippen molar-refractivity contribution in [2.45, 2.75) is 31.6 Å². The summed E-state index contributed by atoms with van der Waals surface area (Å²) in [6, 6.07) is 0. The molecule has 0 atom stereocenters. The van der Waals surface area contributed by atoms with Crippen molar-refractivity contribution in [3.8, 4) is 17.0 Å². The van der Waals surface area contributed by atoms with E-state index in [-0.39, 0.29) is 0 Å². The minimum atomic E-state index is -0.552. The van der Waals surface area contributed by atoms with Crippen molar-refractivity contribution >= 4 is 11.2 Å². The molecule has 1 aliphatic carbocycles. The molecule has 0 heterocycles. The lowest BCUT2D eigenvalue weighted by Crippen LogP contribution is -2.37. The van der Waals surface area contributed by atoms with Gasteiger partial charge in [-0.15, -0.1) is 0 Å². The van der Waals surface area contributed by atoms with Crippen LogP contribution in [0.3, 0.4) is 0 Å². The topological polar surface area (TPSA) is 20.2 Å². The average molecular weight is 168 g/mol. The molecule has 0 spiro atoms. The van der Waals surface area contributed by atoms with E-state index < -0.39 is 4.93 Å². The van der Waals surface area contributed by atoms with Gasteiger partial charge in [0.05, 0.1) is 0 Å². The summed E-state index contributed by atoms with van der Waals surface area (Å²) in [5.41, 5.74) is 0. The number of hydrogen-bond acceptors (Lipinski definition) is 1. The quantitative estimate of drug-likeness (QED) is 0.432. The second-order valence-electron chi connectivity index (χ2n) is 3.04. The van der Waals surface area contributed by atoms with Gasteiger partial charge in [0.2, 0.25) is 0 Å². The molecular weight excluding hydrogens is 156 g/mol. The second kappa shape index (κ2) is 3.28. The zero-order chi connectivity index (χ0) is 8.32. The summed E-state index contributed by atoms with van der Waals surface area (Å²) < 4.78 is 0. The fraction of sp³-hybridized carbons (Fsp3) is 0.667. The highest BCUT2D eigenvalue weighted by atomic mass is 32.1. The van der Waals surface area contributed by atoms with Crippen molar-refractivity contribution in [2.24, 2.45) is 5.92 Å². The van der Waals surface area contributed by atoms with Crippen LogP contribution in [0, 0.1) is 22.9 Å². The predicted molar refractivity (Wildman–Crippen MR) is 48.3 cm³/mol. The van der Waals surface area contributed by atoms with E-state index in [1.165, 1.54) is 11.2 Å². The molecule has 60 valence electrons. The van der Waals surface area contributed by atoms with E-state index in [1.54, 1.807) is 6.92 Å². The fourth-order valence-corrected chi connectivity index (χ4v) is 2.36. The maximum Gasteiger partial charge on any atom is 0.135 e. The van der Waals surface area contributed by atoms with Crippen molar-refractivity contribution in [1.82, 2.24) is 0 Å². The summed E-state index contributed by atoms with van der Waals surface area (Å²) in [5.74, 6) is 6.05. The Morgan fingerprint density at radius 3 is 2.64 bits per heavy atom. The lowest BCUT2D eigenvalue weighted by atomic mass is 9.83. The SMILES string of the molecule is CC#CC#SC1(O)CC(C)C1. The van der Waals surface area contributed by atoms with Crippen LogP contribution in [-0.2, 0) is 0 Å². The summed E-state index contributed by atoms with van der Waals surface area (Å²) in [6.07, 6.45) is 1.74. The number of hydrogen-bond donors (Lipinski definition) is 1. The summed E-state index contributed by atoms with van der Waals surface area (Å²) in [5, 5.41) is 12.4. The Morgan fingerprint density at radius 1 is 1.55 bits per heavy atom. The zero-order valence-electron chi connectivity index (χ0n) is 6.85. The monoisotopic (exact) mass is 168 g/mol. The zero-order valence-corrected chi connectivity index (χ0v) is 7.66. The van der Waals surface area contributed by atoms with Gasteiger partial charge >= 0.3 is 0 Å². The van der Waals surface area contributed by atoms with Gasteiger partial charge in [-0.25, -0.2) is 0 Å². The van der Waals surface area contributed by atoms with E-state index >= 15 is 0 Å². The Hall–Kier alpha value is -0.480. The van der Waals surface area contributed by atoms with E-state index in [0.29, 0.717) is 5.92 Å². The molecule has 1 rings (SSSR count). The van der Waals surface area contributed by atoms with Crippen LogP contribution < -0.4 is 0 Å². The minimum Gasteiger partial charge on any atom is -0.376 e. The molecule has 0 aromatic heterocycles. The maximum absolute atomic E-state index is 9.64. The lowest BCUT2D eigenvalue weighted by Gasteiger charge is -2.37. The molecule has 0 aromatic carbocycles. The van der Waals surface area contributed by atoms with Crippen LogP contribution >= 0.6 is 11.2 Å². The smallest absolute Gasteiger partial charge is 0.135 e. The van der Waals surface area contributed by atoms with E-state index in [2.05, 4.69) is 23.9 Å². The molecule has 0 bridgehead atoms. The standard InChI is InChI=1S/C9H12OS/c1-3-4-5-11-9(10)6-8(2)7-9/h8,10H,6-7H2,1-2H3. The normalized spacial score (nSPS) is 34.3. The van der Waals surface area contributed by atoms with Crippen LogP contribution in [0.25, 0.3) is 0 Å². The van der Waals surface area contributed by atoms with Gasteiger partial charge in [-0.3, -0.25) is 0 Å². The van der Waals surface area contributed by atoms with Crippen LogP contribution in [0.2, 0.25) is 0 Å². The van der Waals surface area contributed by atoms with Gasteiger partial charge < -0.3 is 5.11 Å². The fourth-order valence-electron chi connectivity index (χ4n) is 1.28. The third kappa shape index (κ3) is 2.24. The molecule has 0 amide bonds. The number of aliphatic hydroxyl groups is 1. The molecule has 1 aliphatic rings. The molecule has 1 fully saturated rings. The van der Waals surface area contributed by atoms with Gasteiger partial charge in [0.15, 0.2) is 0 Å². The highest BCUT2D eigenvalue weighted by Gasteiger charge is 2.38. The van der Waals surface area contributed by atoms with Crippen molar-refractivity contribution in [3.63, 3.8) is 0 Å². The molecule has 0 saturated heterocycles. The molecule has 1 N–H and O–H groups in total. The Balaban J connectivity index is 2.49. The van der Waals surface area contributed by atoms with Crippen LogP contribution in [0.1, 0.15) is 26.7 Å². The maximum atomic E-state index is 9.64. The Bertz CT molecular complexity index is 255. The summed E-state index contributed by atoms with van der Waals surface area (Å²) in [4.78, 5) is -0.552. The van der Waals surface area contributed by atoms with Gasteiger partial charge in [0, 0.05) is 5.18 Å². The molecule has 11 heavy (non-hydrogen) atoms. The third-order valence-corrected chi connectivity index (χ3v) is 2.67. The van der Waals surface area contributed by atoms with Gasteiger partial charge in [-0.1, -0.05) is 24.0 Å². The first-order valence-electron chi connectivity index (χ1n) is 3.73. The molecule has 0 aromatic rings. The lowest BCUT2D eigenvalue weighted by molar-refractivity contribution is 0.0186. The van der Waals surface area contributed by atoms with Crippen molar-refractivity contribution < 1.29 is 5.11 Å². The summed E-state index contributed by atoms with van der Waals surface area (Å²) >= 11 is 1.33. The Labute approximate surface area is 71.4 Å². The molecular formula is C9H12OS. The van der Waals surface area contributed by atoms with Crippen LogP contribution in [0.4, 0.5) is 0 Å². The van der Waals surface area contributed by atoms with Gasteiger partial charge in [-0.2, -0.15) is 0 Å². The van der Waals surface area contributed by atoms with Crippen molar-refractivity contribution in [3.05, 3.63) is 0 Å². The molecule has 1 saturated carbocycles. The highest BCUT2D eigenvalue weighted by Crippen LogP contribution is 2.41. The van der Waals surface area contributed by atoms with Crippen LogP contribution in [-0.4, -0.2) is 10.0 Å². The van der Waals surface area contributed by atoms with E-state index in [0.717, 1.165) is 12.8 Å². The van der Waals surface area contributed by atoms with Gasteiger partial charge in [0.25, 0.3) is 0 Å². The van der Waals surface area contributed by atoms with Crippen molar-refractivity contribution in [2.75, 3.05) is 0 Å². The Kier molecular flexibility index (Phi) is 2.57. The number of rotatable bonds is 0.